The number of rotatable bonds is 9. The third kappa shape index (κ3) is 6.46. The molecule has 0 saturated heterocycles. The number of thioether (sulfide) groups is 1. The Balaban J connectivity index is 1.67. The fraction of sp³-hybridized carbons (Fsp3) is 0.250. The van der Waals surface area contributed by atoms with Gasteiger partial charge in [0.05, 0.1) is 11.8 Å². The van der Waals surface area contributed by atoms with Crippen molar-refractivity contribution in [1.29, 1.82) is 0 Å². The first-order valence-electron chi connectivity index (χ1n) is 10.4. The minimum atomic E-state index is -0.386. The molecule has 0 spiro atoms. The average molecular weight is 484 g/mol. The molecule has 2 N–H and O–H groups in total. The van der Waals surface area contributed by atoms with Crippen LogP contribution in [0.2, 0.25) is 5.02 Å². The zero-order chi connectivity index (χ0) is 24.0. The summed E-state index contributed by atoms with van der Waals surface area (Å²) in [6, 6.07) is 12.3. The minimum absolute atomic E-state index is 0.144. The SMILES string of the molecule is C=CCn1c(SCC(=O)Nc2cc(Cl)ccc2C)nnc1[C@@H](C)NC(=O)c1ccc(C)cc1. The van der Waals surface area contributed by atoms with E-state index < -0.39 is 0 Å². The first kappa shape index (κ1) is 24.5. The lowest BCUT2D eigenvalue weighted by Crippen LogP contribution is -2.28. The molecule has 0 fully saturated rings. The van der Waals surface area contributed by atoms with E-state index in [1.165, 1.54) is 11.8 Å². The number of aryl methyl sites for hydroxylation is 2. The molecule has 2 amide bonds. The summed E-state index contributed by atoms with van der Waals surface area (Å²) in [6.07, 6.45) is 1.72. The van der Waals surface area contributed by atoms with Gasteiger partial charge < -0.3 is 15.2 Å². The van der Waals surface area contributed by atoms with Gasteiger partial charge in [0.1, 0.15) is 0 Å². The molecule has 3 aromatic rings. The first-order chi connectivity index (χ1) is 15.8. The molecule has 172 valence electrons. The molecule has 0 radical (unpaired) electrons. The van der Waals surface area contributed by atoms with Crippen molar-refractivity contribution < 1.29 is 9.59 Å². The predicted molar refractivity (Wildman–Crippen MR) is 133 cm³/mol. The normalized spacial score (nSPS) is 11.6. The van der Waals surface area contributed by atoms with Crippen LogP contribution in [-0.4, -0.2) is 32.3 Å². The molecule has 7 nitrogen and oxygen atoms in total. The minimum Gasteiger partial charge on any atom is -0.342 e. The zero-order valence-corrected chi connectivity index (χ0v) is 20.3. The molecular weight excluding hydrogens is 458 g/mol. The second-order valence-electron chi connectivity index (χ2n) is 7.60. The lowest BCUT2D eigenvalue weighted by molar-refractivity contribution is -0.113. The van der Waals surface area contributed by atoms with Crippen molar-refractivity contribution in [3.8, 4) is 0 Å². The van der Waals surface area contributed by atoms with Crippen molar-refractivity contribution in [2.45, 2.75) is 38.5 Å². The van der Waals surface area contributed by atoms with Crippen LogP contribution in [0.1, 0.15) is 40.3 Å². The smallest absolute Gasteiger partial charge is 0.251 e. The Morgan fingerprint density at radius 2 is 1.91 bits per heavy atom. The highest BCUT2D eigenvalue weighted by molar-refractivity contribution is 7.99. The van der Waals surface area contributed by atoms with Crippen LogP contribution >= 0.6 is 23.4 Å². The Morgan fingerprint density at radius 3 is 2.61 bits per heavy atom. The van der Waals surface area contributed by atoms with Crippen molar-refractivity contribution in [2.24, 2.45) is 0 Å². The van der Waals surface area contributed by atoms with Crippen LogP contribution in [0.15, 0.2) is 60.3 Å². The molecule has 3 rings (SSSR count). The van der Waals surface area contributed by atoms with E-state index in [4.69, 9.17) is 11.6 Å². The van der Waals surface area contributed by atoms with Crippen LogP contribution in [0.3, 0.4) is 0 Å². The Bertz CT molecular complexity index is 1160. The third-order valence-electron chi connectivity index (χ3n) is 4.91. The Morgan fingerprint density at radius 1 is 1.18 bits per heavy atom. The quantitative estimate of drug-likeness (QED) is 0.332. The number of carbonyl (C=O) groups excluding carboxylic acids is 2. The molecular formula is C24H26ClN5O2S. The third-order valence-corrected chi connectivity index (χ3v) is 6.11. The van der Waals surface area contributed by atoms with Gasteiger partial charge >= 0.3 is 0 Å². The number of nitrogens with zero attached hydrogens (tertiary/aromatic N) is 3. The van der Waals surface area contributed by atoms with Crippen molar-refractivity contribution in [3.63, 3.8) is 0 Å². The highest BCUT2D eigenvalue weighted by Crippen LogP contribution is 2.23. The Labute approximate surface area is 202 Å². The fourth-order valence-corrected chi connectivity index (χ4v) is 4.05. The molecule has 2 aromatic carbocycles. The fourth-order valence-electron chi connectivity index (χ4n) is 3.12. The molecule has 9 heteroatoms. The van der Waals surface area contributed by atoms with Crippen LogP contribution < -0.4 is 10.6 Å². The zero-order valence-electron chi connectivity index (χ0n) is 18.8. The highest BCUT2D eigenvalue weighted by atomic mass is 35.5. The number of aromatic nitrogens is 3. The van der Waals surface area contributed by atoms with Gasteiger partial charge in [-0.15, -0.1) is 16.8 Å². The molecule has 1 aromatic heterocycles. The molecule has 1 heterocycles. The summed E-state index contributed by atoms with van der Waals surface area (Å²) in [4.78, 5) is 25.1. The maximum atomic E-state index is 12.6. The van der Waals surface area contributed by atoms with Crippen LogP contribution in [0.25, 0.3) is 0 Å². The summed E-state index contributed by atoms with van der Waals surface area (Å²) in [5.74, 6) is 0.358. The standard InChI is InChI=1S/C24H26ClN5O2S/c1-5-12-30-22(17(4)26-23(32)18-9-6-15(2)7-10-18)28-29-24(30)33-14-21(31)27-20-13-19(25)11-8-16(20)3/h5-11,13,17H,1,12,14H2,2-4H3,(H,26,32)(H,27,31)/t17-/m1/s1. The van der Waals surface area contributed by atoms with E-state index in [1.807, 2.05) is 43.5 Å². The van der Waals surface area contributed by atoms with Gasteiger partial charge in [-0.3, -0.25) is 9.59 Å². The largest absolute Gasteiger partial charge is 0.342 e. The molecule has 1 atom stereocenters. The summed E-state index contributed by atoms with van der Waals surface area (Å²) >= 11 is 7.29. The van der Waals surface area contributed by atoms with Gasteiger partial charge in [-0.2, -0.15) is 0 Å². The predicted octanol–water partition coefficient (Wildman–Crippen LogP) is 4.96. The van der Waals surface area contributed by atoms with Gasteiger partial charge in [-0.25, -0.2) is 0 Å². The van der Waals surface area contributed by atoms with Crippen LogP contribution in [0.5, 0.6) is 0 Å². The topological polar surface area (TPSA) is 88.9 Å². The maximum absolute atomic E-state index is 12.6. The van der Waals surface area contributed by atoms with E-state index in [9.17, 15) is 9.59 Å². The van der Waals surface area contributed by atoms with Crippen molar-refractivity contribution in [2.75, 3.05) is 11.1 Å². The molecule has 0 aliphatic rings. The molecule has 0 aliphatic carbocycles. The molecule has 33 heavy (non-hydrogen) atoms. The number of hydrogen-bond donors (Lipinski definition) is 2. The maximum Gasteiger partial charge on any atom is 0.251 e. The van der Waals surface area contributed by atoms with Crippen LogP contribution in [0.4, 0.5) is 5.69 Å². The van der Waals surface area contributed by atoms with Crippen molar-refractivity contribution >= 4 is 40.9 Å². The number of nitrogens with one attached hydrogen (secondary N) is 2. The summed E-state index contributed by atoms with van der Waals surface area (Å²) in [5, 5.41) is 15.4. The van der Waals surface area contributed by atoms with Gasteiger partial charge in [0, 0.05) is 22.8 Å². The number of halogens is 1. The molecule has 0 saturated carbocycles. The Kier molecular flexibility index (Phi) is 8.30. The van der Waals surface area contributed by atoms with Gasteiger partial charge in [-0.05, 0) is 50.6 Å². The summed E-state index contributed by atoms with van der Waals surface area (Å²) in [6.45, 7) is 9.96. The number of carbonyl (C=O) groups is 2. The van der Waals surface area contributed by atoms with Gasteiger partial charge in [-0.1, -0.05) is 53.2 Å². The summed E-state index contributed by atoms with van der Waals surface area (Å²) in [7, 11) is 0. The molecule has 0 bridgehead atoms. The number of benzene rings is 2. The molecule has 0 unspecified atom stereocenters. The molecule has 0 aliphatic heterocycles. The van der Waals surface area contributed by atoms with Crippen molar-refractivity contribution in [3.05, 3.63) is 82.7 Å². The summed E-state index contributed by atoms with van der Waals surface area (Å²) < 4.78 is 1.84. The number of anilines is 1. The van der Waals surface area contributed by atoms with Gasteiger partial charge in [0.25, 0.3) is 5.91 Å². The lowest BCUT2D eigenvalue weighted by Gasteiger charge is -2.15. The first-order valence-corrected chi connectivity index (χ1v) is 11.7. The van der Waals surface area contributed by atoms with E-state index in [0.717, 1.165) is 11.1 Å². The van der Waals surface area contributed by atoms with E-state index in [-0.39, 0.29) is 23.6 Å². The van der Waals surface area contributed by atoms with E-state index >= 15 is 0 Å². The lowest BCUT2D eigenvalue weighted by atomic mass is 10.1. The van der Waals surface area contributed by atoms with Crippen LogP contribution in [0, 0.1) is 13.8 Å². The van der Waals surface area contributed by atoms with Gasteiger partial charge in [0.2, 0.25) is 5.91 Å². The second kappa shape index (κ2) is 11.2. The van der Waals surface area contributed by atoms with Crippen molar-refractivity contribution in [1.82, 2.24) is 20.1 Å². The number of hydrogen-bond acceptors (Lipinski definition) is 5. The number of amides is 2. The summed E-state index contributed by atoms with van der Waals surface area (Å²) in [5.41, 5.74) is 3.26. The van der Waals surface area contributed by atoms with Gasteiger partial charge in [0.15, 0.2) is 11.0 Å². The Hall–Kier alpha value is -3.10. The van der Waals surface area contributed by atoms with Crippen LogP contribution in [-0.2, 0) is 11.3 Å². The number of allylic oxidation sites excluding steroid dienone is 1. The van der Waals surface area contributed by atoms with E-state index in [1.54, 1.807) is 30.3 Å². The average Bonchev–Trinajstić information content (AvgIpc) is 3.18. The van der Waals surface area contributed by atoms with E-state index in [0.29, 0.717) is 33.8 Å². The highest BCUT2D eigenvalue weighted by Gasteiger charge is 2.20. The monoisotopic (exact) mass is 483 g/mol. The second-order valence-corrected chi connectivity index (χ2v) is 8.98. The van der Waals surface area contributed by atoms with E-state index in [2.05, 4.69) is 27.4 Å².